The van der Waals surface area contributed by atoms with Crippen LogP contribution in [0.3, 0.4) is 0 Å². The number of aliphatic hydroxyl groups excluding tert-OH is 1. The monoisotopic (exact) mass is 959 g/mol. The van der Waals surface area contributed by atoms with Gasteiger partial charge in [0.05, 0.1) is 0 Å². The van der Waals surface area contributed by atoms with Crippen molar-refractivity contribution in [3.05, 3.63) is 4.88 Å². The molecule has 0 spiro atoms. The standard InChI is InChI=1S/C20H27NO4S.6C4H9.2Sn/c1-13-3-5-14(6-4-13)19(23)21(15-7-9-16(22)10-8-15)17-11-12-26-18(17)20(24)25-2;6*1-3-4-2;;/h13-16,22H,3-10H2,1-2H3;6*1,3-4H2,2H3;;. The topological polar surface area (TPSA) is 66.8 Å². The second-order valence-corrected chi connectivity index (χ2v) is 45.4. The van der Waals surface area contributed by atoms with Gasteiger partial charge < -0.3 is 0 Å². The van der Waals surface area contributed by atoms with Gasteiger partial charge in [-0.3, -0.25) is 0 Å². The number of thiophene rings is 1. The number of hydrogen-bond acceptors (Lipinski definition) is 5. The molecule has 5 nitrogen and oxygen atoms in total. The molecule has 8 heteroatoms. The van der Waals surface area contributed by atoms with Crippen molar-refractivity contribution in [1.29, 1.82) is 0 Å². The van der Waals surface area contributed by atoms with E-state index in [1.54, 1.807) is 13.6 Å². The zero-order chi connectivity index (χ0) is 38.1. The van der Waals surface area contributed by atoms with E-state index in [0.29, 0.717) is 11.8 Å². The Balaban J connectivity index is 2.59. The average Bonchev–Trinajstić information content (AvgIpc) is 3.56. The first-order valence-electron chi connectivity index (χ1n) is 22.4. The summed E-state index contributed by atoms with van der Waals surface area (Å²) in [6.07, 6.45) is 21.9. The summed E-state index contributed by atoms with van der Waals surface area (Å²) in [5, 5.41) is 10.8. The minimum atomic E-state index is -3.33. The Bertz CT molecular complexity index is 1140. The van der Waals surface area contributed by atoms with Crippen molar-refractivity contribution in [2.24, 2.45) is 11.8 Å². The number of aliphatic hydroxyl groups is 1. The summed E-state index contributed by atoms with van der Waals surface area (Å²) >= 11 is -4.60. The average molecular weight is 958 g/mol. The number of amides is 1. The fraction of sp³-hybridized carbons (Fsp3) is 0.864. The molecule has 1 amide bonds. The molecule has 1 aromatic rings. The summed E-state index contributed by atoms with van der Waals surface area (Å²) in [5.41, 5.74) is 1.10. The normalized spacial score (nSPS) is 21.3. The Labute approximate surface area is 333 Å². The van der Waals surface area contributed by atoms with Crippen LogP contribution < -0.4 is 11.4 Å². The van der Waals surface area contributed by atoms with Crippen molar-refractivity contribution in [3.8, 4) is 0 Å². The van der Waals surface area contributed by atoms with E-state index in [0.717, 1.165) is 61.9 Å². The number of esters is 1. The van der Waals surface area contributed by atoms with Gasteiger partial charge in [-0.15, -0.1) is 0 Å². The van der Waals surface area contributed by atoms with Crippen molar-refractivity contribution in [2.75, 3.05) is 12.0 Å². The van der Waals surface area contributed by atoms with Gasteiger partial charge in [0.25, 0.3) is 0 Å². The number of methoxy groups -OCH3 is 1. The van der Waals surface area contributed by atoms with Crippen LogP contribution in [0.2, 0.25) is 26.6 Å². The predicted octanol–water partition coefficient (Wildman–Crippen LogP) is 12.1. The van der Waals surface area contributed by atoms with E-state index < -0.39 is 36.8 Å². The number of unbranched alkanes of at least 4 members (excludes halogenated alkanes) is 6. The molecule has 2 saturated carbocycles. The summed E-state index contributed by atoms with van der Waals surface area (Å²) < 4.78 is 17.4. The van der Waals surface area contributed by atoms with Gasteiger partial charge in [-0.25, -0.2) is 0 Å². The molecule has 0 atom stereocenters. The van der Waals surface area contributed by atoms with Crippen LogP contribution in [-0.4, -0.2) is 73.0 Å². The second-order valence-electron chi connectivity index (χ2n) is 17.3. The molecule has 0 aromatic carbocycles. The maximum absolute atomic E-state index is 15.5. The molecule has 2 aliphatic rings. The summed E-state index contributed by atoms with van der Waals surface area (Å²) in [7, 11) is 1.57. The second kappa shape index (κ2) is 24.1. The number of carbonyl (C=O) groups excluding carboxylic acids is 2. The Hall–Kier alpha value is 0.197. The number of ether oxygens (including phenoxy) is 1. The van der Waals surface area contributed by atoms with Gasteiger partial charge >= 0.3 is 336 Å². The molecule has 1 aromatic heterocycles. The van der Waals surface area contributed by atoms with Gasteiger partial charge in [0, 0.05) is 0 Å². The SMILES string of the molecule is CCC[CH2][Sn]([CH2]CCC)([CH2]CCC)[c]1sc(C(=O)OC)c(N(C(=O)C2CCC(C)CC2)C2CCC(O)CC2)[c]1[Sn]([CH2]CCC)([CH2]CCC)[CH2]CCC. The van der Waals surface area contributed by atoms with Crippen LogP contribution in [0.4, 0.5) is 5.69 Å². The van der Waals surface area contributed by atoms with Gasteiger partial charge in [-0.1, -0.05) is 0 Å². The molecule has 0 radical (unpaired) electrons. The van der Waals surface area contributed by atoms with E-state index in [1.165, 1.54) is 104 Å². The Morgan fingerprint density at radius 3 is 1.50 bits per heavy atom. The number of carbonyl (C=O) groups is 2. The summed E-state index contributed by atoms with van der Waals surface area (Å²) in [6, 6.07) is 0.0406. The van der Waals surface area contributed by atoms with E-state index in [-0.39, 0.29) is 24.0 Å². The van der Waals surface area contributed by atoms with E-state index >= 15 is 4.79 Å². The van der Waals surface area contributed by atoms with Crippen LogP contribution in [0.5, 0.6) is 0 Å². The molecule has 2 fully saturated rings. The molecule has 52 heavy (non-hydrogen) atoms. The van der Waals surface area contributed by atoms with Crippen LogP contribution >= 0.6 is 11.3 Å². The molecule has 0 bridgehead atoms. The molecule has 300 valence electrons. The van der Waals surface area contributed by atoms with Crippen molar-refractivity contribution in [3.63, 3.8) is 0 Å². The van der Waals surface area contributed by atoms with E-state index in [4.69, 9.17) is 4.74 Å². The van der Waals surface area contributed by atoms with Gasteiger partial charge in [-0.05, 0) is 0 Å². The van der Waals surface area contributed by atoms with Crippen LogP contribution in [0.1, 0.15) is 187 Å². The van der Waals surface area contributed by atoms with Gasteiger partial charge in [0.15, 0.2) is 0 Å². The first kappa shape index (κ1) is 46.6. The molecule has 0 saturated heterocycles. The fourth-order valence-electron chi connectivity index (χ4n) is 9.80. The zero-order valence-corrected chi connectivity index (χ0v) is 41.7. The van der Waals surface area contributed by atoms with E-state index in [1.807, 2.05) is 11.3 Å². The molecule has 1 N–H and O–H groups in total. The Kier molecular flexibility index (Phi) is 21.6. The van der Waals surface area contributed by atoms with Crippen molar-refractivity contribution >= 4 is 72.1 Å². The Morgan fingerprint density at radius 1 is 0.673 bits per heavy atom. The first-order chi connectivity index (χ1) is 25.1. The minimum absolute atomic E-state index is 0.0183. The molecule has 0 unspecified atom stereocenters. The first-order valence-corrected chi connectivity index (χ1v) is 38.2. The Morgan fingerprint density at radius 2 is 1.10 bits per heavy atom. The van der Waals surface area contributed by atoms with E-state index in [2.05, 4.69) is 53.4 Å². The maximum atomic E-state index is 15.5. The van der Waals surface area contributed by atoms with Gasteiger partial charge in [0.1, 0.15) is 0 Å². The third kappa shape index (κ3) is 12.1. The van der Waals surface area contributed by atoms with Crippen molar-refractivity contribution < 1.29 is 19.4 Å². The van der Waals surface area contributed by atoms with Crippen molar-refractivity contribution in [2.45, 2.75) is 216 Å². The molecule has 2 aliphatic carbocycles. The summed E-state index contributed by atoms with van der Waals surface area (Å²) in [5.74, 6) is 0.774. The van der Waals surface area contributed by atoms with Crippen LogP contribution in [0, 0.1) is 11.8 Å². The third-order valence-corrected chi connectivity index (χ3v) is 50.8. The van der Waals surface area contributed by atoms with Crippen LogP contribution in [-0.2, 0) is 9.53 Å². The van der Waals surface area contributed by atoms with Crippen molar-refractivity contribution in [1.82, 2.24) is 0 Å². The van der Waals surface area contributed by atoms with Gasteiger partial charge in [0.2, 0.25) is 0 Å². The van der Waals surface area contributed by atoms with E-state index in [9.17, 15) is 9.90 Å². The number of nitrogens with zero attached hydrogens (tertiary/aromatic N) is 1. The number of rotatable bonds is 24. The predicted molar refractivity (Wildman–Crippen MR) is 232 cm³/mol. The van der Waals surface area contributed by atoms with Crippen LogP contribution in [0.15, 0.2) is 0 Å². The third-order valence-electron chi connectivity index (χ3n) is 13.2. The zero-order valence-electron chi connectivity index (χ0n) is 35.2. The number of hydrogen-bond donors (Lipinski definition) is 1. The molecule has 1 heterocycles. The number of anilines is 1. The molecular weight excluding hydrogens is 876 g/mol. The van der Waals surface area contributed by atoms with Gasteiger partial charge in [-0.2, -0.15) is 0 Å². The molecule has 3 rings (SSSR count). The summed E-state index contributed by atoms with van der Waals surface area (Å²) in [6.45, 7) is 16.5. The quantitative estimate of drug-likeness (QED) is 0.0828. The van der Waals surface area contributed by atoms with Crippen LogP contribution in [0.25, 0.3) is 0 Å². The summed E-state index contributed by atoms with van der Waals surface area (Å²) in [4.78, 5) is 33.1. The molecular formula is C44H81NO4SSn2. The molecule has 0 aliphatic heterocycles. The fourth-order valence-corrected chi connectivity index (χ4v) is 59.3.